The zero-order valence-corrected chi connectivity index (χ0v) is 12.9. The van der Waals surface area contributed by atoms with Crippen LogP contribution in [-0.2, 0) is 5.60 Å². The van der Waals surface area contributed by atoms with E-state index in [0.717, 1.165) is 5.56 Å². The van der Waals surface area contributed by atoms with Crippen molar-refractivity contribution in [1.82, 2.24) is 5.32 Å². The molecule has 112 valence electrons. The summed E-state index contributed by atoms with van der Waals surface area (Å²) in [5.41, 5.74) is 0.183. The molecule has 2 N–H and O–H groups in total. The van der Waals surface area contributed by atoms with Crippen LogP contribution in [0, 0.1) is 0 Å². The molecule has 0 saturated heterocycles. The number of para-hydroxylation sites is 1. The van der Waals surface area contributed by atoms with E-state index in [1.165, 1.54) is 11.3 Å². The number of amides is 1. The number of carbonyl (C=O) groups is 1. The van der Waals surface area contributed by atoms with Crippen LogP contribution in [0.15, 0.2) is 41.1 Å². The minimum atomic E-state index is -1.09. The molecule has 4 nitrogen and oxygen atoms in total. The van der Waals surface area contributed by atoms with Crippen molar-refractivity contribution in [2.75, 3.05) is 13.2 Å². The quantitative estimate of drug-likeness (QED) is 0.863. The summed E-state index contributed by atoms with van der Waals surface area (Å²) >= 11 is 1.51. The molecule has 0 radical (unpaired) electrons. The van der Waals surface area contributed by atoms with Gasteiger partial charge in [0.1, 0.15) is 11.4 Å². The second-order valence-electron chi connectivity index (χ2n) is 4.90. The van der Waals surface area contributed by atoms with Gasteiger partial charge in [0.25, 0.3) is 5.91 Å². The van der Waals surface area contributed by atoms with Gasteiger partial charge in [0.05, 0.1) is 18.7 Å². The molecule has 2 rings (SSSR count). The monoisotopic (exact) mass is 305 g/mol. The smallest absolute Gasteiger partial charge is 0.255 e. The van der Waals surface area contributed by atoms with Gasteiger partial charge in [0, 0.05) is 0 Å². The number of nitrogens with one attached hydrogen (secondary N) is 1. The summed E-state index contributed by atoms with van der Waals surface area (Å²) in [7, 11) is 0. The van der Waals surface area contributed by atoms with Crippen LogP contribution in [0.3, 0.4) is 0 Å². The average Bonchev–Trinajstić information content (AvgIpc) is 3.01. The number of ether oxygens (including phenoxy) is 1. The average molecular weight is 305 g/mol. The fraction of sp³-hybridized carbons (Fsp3) is 0.312. The summed E-state index contributed by atoms with van der Waals surface area (Å²) in [6.45, 7) is 4.19. The maximum absolute atomic E-state index is 12.3. The van der Waals surface area contributed by atoms with Crippen LogP contribution in [-0.4, -0.2) is 24.2 Å². The van der Waals surface area contributed by atoms with Crippen molar-refractivity contribution in [3.63, 3.8) is 0 Å². The van der Waals surface area contributed by atoms with E-state index < -0.39 is 5.60 Å². The lowest BCUT2D eigenvalue weighted by atomic mass is 9.99. The van der Waals surface area contributed by atoms with Crippen LogP contribution in [0.25, 0.3) is 0 Å². The van der Waals surface area contributed by atoms with Crippen molar-refractivity contribution in [2.24, 2.45) is 0 Å². The molecule has 0 aliphatic heterocycles. The van der Waals surface area contributed by atoms with Gasteiger partial charge in [0.2, 0.25) is 0 Å². The van der Waals surface area contributed by atoms with Crippen molar-refractivity contribution < 1.29 is 14.6 Å². The molecule has 0 aliphatic carbocycles. The van der Waals surface area contributed by atoms with E-state index in [-0.39, 0.29) is 12.5 Å². The third kappa shape index (κ3) is 3.83. The van der Waals surface area contributed by atoms with E-state index in [0.29, 0.717) is 17.9 Å². The Morgan fingerprint density at radius 3 is 2.81 bits per heavy atom. The standard InChI is InChI=1S/C16H19NO3S/c1-3-20-14-7-5-4-6-13(14)15(18)17-11-16(2,19)12-8-9-21-10-12/h4-10,19H,3,11H2,1-2H3,(H,17,18). The molecular formula is C16H19NO3S. The van der Waals surface area contributed by atoms with Gasteiger partial charge in [-0.1, -0.05) is 12.1 Å². The largest absolute Gasteiger partial charge is 0.493 e. The van der Waals surface area contributed by atoms with Gasteiger partial charge in [-0.2, -0.15) is 11.3 Å². The molecule has 2 aromatic rings. The van der Waals surface area contributed by atoms with Gasteiger partial charge in [-0.3, -0.25) is 4.79 Å². The SMILES string of the molecule is CCOc1ccccc1C(=O)NCC(C)(O)c1ccsc1. The van der Waals surface area contributed by atoms with Gasteiger partial charge in [-0.15, -0.1) is 0 Å². The molecule has 1 aromatic heterocycles. The number of hydrogen-bond acceptors (Lipinski definition) is 4. The molecule has 1 amide bonds. The summed E-state index contributed by atoms with van der Waals surface area (Å²) in [5, 5.41) is 16.9. The second-order valence-corrected chi connectivity index (χ2v) is 5.68. The van der Waals surface area contributed by atoms with E-state index in [1.807, 2.05) is 29.8 Å². The first-order chi connectivity index (χ1) is 10.0. The molecule has 0 bridgehead atoms. The van der Waals surface area contributed by atoms with Crippen molar-refractivity contribution in [3.05, 3.63) is 52.2 Å². The fourth-order valence-corrected chi connectivity index (χ4v) is 2.74. The third-order valence-corrected chi connectivity index (χ3v) is 3.85. The van der Waals surface area contributed by atoms with Gasteiger partial charge in [0.15, 0.2) is 0 Å². The Balaban J connectivity index is 2.05. The minimum Gasteiger partial charge on any atom is -0.493 e. The molecule has 0 aliphatic rings. The van der Waals surface area contributed by atoms with Crippen LogP contribution in [0.1, 0.15) is 29.8 Å². The Kier molecular flexibility index (Phi) is 4.98. The summed E-state index contributed by atoms with van der Waals surface area (Å²) in [6, 6.07) is 8.93. The molecule has 1 atom stereocenters. The zero-order chi connectivity index (χ0) is 15.3. The Morgan fingerprint density at radius 2 is 2.14 bits per heavy atom. The molecule has 0 fully saturated rings. The van der Waals surface area contributed by atoms with Crippen molar-refractivity contribution >= 4 is 17.2 Å². The highest BCUT2D eigenvalue weighted by atomic mass is 32.1. The molecule has 5 heteroatoms. The molecule has 1 heterocycles. The van der Waals surface area contributed by atoms with Crippen molar-refractivity contribution in [3.8, 4) is 5.75 Å². The highest BCUT2D eigenvalue weighted by molar-refractivity contribution is 7.08. The Labute approximate surface area is 128 Å². The molecule has 1 aromatic carbocycles. The molecule has 0 saturated carbocycles. The van der Waals surface area contributed by atoms with Crippen molar-refractivity contribution in [1.29, 1.82) is 0 Å². The lowest BCUT2D eigenvalue weighted by molar-refractivity contribution is 0.0529. The number of aliphatic hydroxyl groups is 1. The first-order valence-corrected chi connectivity index (χ1v) is 7.74. The Bertz CT molecular complexity index is 593. The predicted molar refractivity (Wildman–Crippen MR) is 83.8 cm³/mol. The molecule has 1 unspecified atom stereocenters. The number of benzene rings is 1. The first kappa shape index (κ1) is 15.5. The lowest BCUT2D eigenvalue weighted by Gasteiger charge is -2.23. The summed E-state index contributed by atoms with van der Waals surface area (Å²) < 4.78 is 5.44. The summed E-state index contributed by atoms with van der Waals surface area (Å²) in [5.74, 6) is 0.294. The van der Waals surface area contributed by atoms with Crippen molar-refractivity contribution in [2.45, 2.75) is 19.4 Å². The first-order valence-electron chi connectivity index (χ1n) is 6.79. The number of thiophene rings is 1. The number of hydrogen-bond donors (Lipinski definition) is 2. The lowest BCUT2D eigenvalue weighted by Crippen LogP contribution is -2.38. The highest BCUT2D eigenvalue weighted by Gasteiger charge is 2.25. The second kappa shape index (κ2) is 6.74. The van der Waals surface area contributed by atoms with Gasteiger partial charge < -0.3 is 15.2 Å². The third-order valence-electron chi connectivity index (χ3n) is 3.17. The van der Waals surface area contributed by atoms with E-state index >= 15 is 0 Å². The van der Waals surface area contributed by atoms with Gasteiger partial charge in [-0.05, 0) is 48.4 Å². The summed E-state index contributed by atoms with van der Waals surface area (Å²) in [6.07, 6.45) is 0. The minimum absolute atomic E-state index is 0.142. The molecule has 0 spiro atoms. The maximum Gasteiger partial charge on any atom is 0.255 e. The Morgan fingerprint density at radius 1 is 1.38 bits per heavy atom. The molecular weight excluding hydrogens is 286 g/mol. The molecule has 21 heavy (non-hydrogen) atoms. The Hall–Kier alpha value is -1.85. The zero-order valence-electron chi connectivity index (χ0n) is 12.1. The normalized spacial score (nSPS) is 13.5. The van der Waals surface area contributed by atoms with Crippen LogP contribution in [0.4, 0.5) is 0 Å². The van der Waals surface area contributed by atoms with Gasteiger partial charge >= 0.3 is 0 Å². The number of rotatable bonds is 6. The van der Waals surface area contributed by atoms with E-state index in [2.05, 4.69) is 5.32 Å². The van der Waals surface area contributed by atoms with Crippen LogP contribution < -0.4 is 10.1 Å². The van der Waals surface area contributed by atoms with E-state index in [1.54, 1.807) is 25.1 Å². The topological polar surface area (TPSA) is 58.6 Å². The van der Waals surface area contributed by atoms with E-state index in [9.17, 15) is 9.90 Å². The fourth-order valence-electron chi connectivity index (χ4n) is 1.96. The van der Waals surface area contributed by atoms with E-state index in [4.69, 9.17) is 4.74 Å². The van der Waals surface area contributed by atoms with Crippen LogP contribution in [0.5, 0.6) is 5.75 Å². The summed E-state index contributed by atoms with van der Waals surface area (Å²) in [4.78, 5) is 12.3. The van der Waals surface area contributed by atoms with Crippen LogP contribution >= 0.6 is 11.3 Å². The predicted octanol–water partition coefficient (Wildman–Crippen LogP) is 2.78. The number of carbonyl (C=O) groups excluding carboxylic acids is 1. The van der Waals surface area contributed by atoms with Crippen LogP contribution in [0.2, 0.25) is 0 Å². The maximum atomic E-state index is 12.3. The highest BCUT2D eigenvalue weighted by Crippen LogP contribution is 2.23. The van der Waals surface area contributed by atoms with Gasteiger partial charge in [-0.25, -0.2) is 0 Å².